The zero-order valence-electron chi connectivity index (χ0n) is 12.1. The standard InChI is InChI=1S/C15H18N6/c1-19-10-12(9-17-19)13-11-21-14(5-6-16-21)15(18-13)20-7-3-2-4-8-20/h5-6,9-11H,2-4,7-8H2,1H3. The maximum Gasteiger partial charge on any atom is 0.155 e. The van der Waals surface area contributed by atoms with Gasteiger partial charge in [-0.15, -0.1) is 0 Å². The molecule has 0 bridgehead atoms. The molecule has 0 unspecified atom stereocenters. The summed E-state index contributed by atoms with van der Waals surface area (Å²) in [7, 11) is 1.92. The number of anilines is 1. The molecule has 6 heteroatoms. The average molecular weight is 282 g/mol. The SMILES string of the molecule is Cn1cc(-c2cn3nccc3c(N3CCCCC3)n2)cn1. The highest BCUT2D eigenvalue weighted by atomic mass is 15.3. The Kier molecular flexibility index (Phi) is 2.87. The summed E-state index contributed by atoms with van der Waals surface area (Å²) in [6.07, 6.45) is 11.4. The number of piperidine rings is 1. The molecule has 0 radical (unpaired) electrons. The second-order valence-electron chi connectivity index (χ2n) is 5.56. The molecule has 1 aliphatic rings. The second-order valence-corrected chi connectivity index (χ2v) is 5.56. The van der Waals surface area contributed by atoms with Crippen molar-refractivity contribution in [2.24, 2.45) is 7.05 Å². The van der Waals surface area contributed by atoms with E-state index in [0.717, 1.165) is 35.7 Å². The summed E-state index contributed by atoms with van der Waals surface area (Å²) < 4.78 is 3.71. The van der Waals surface area contributed by atoms with Gasteiger partial charge in [-0.1, -0.05) is 0 Å². The molecule has 3 aromatic heterocycles. The summed E-state index contributed by atoms with van der Waals surface area (Å²) in [4.78, 5) is 7.27. The normalized spacial score (nSPS) is 15.8. The maximum absolute atomic E-state index is 4.89. The van der Waals surface area contributed by atoms with Crippen LogP contribution in [0, 0.1) is 0 Å². The van der Waals surface area contributed by atoms with Crippen LogP contribution in [0.1, 0.15) is 19.3 Å². The molecular weight excluding hydrogens is 264 g/mol. The molecule has 0 spiro atoms. The van der Waals surface area contributed by atoms with Crippen molar-refractivity contribution in [3.63, 3.8) is 0 Å². The molecule has 0 saturated carbocycles. The highest BCUT2D eigenvalue weighted by Crippen LogP contribution is 2.26. The zero-order valence-corrected chi connectivity index (χ0v) is 12.1. The summed E-state index contributed by atoms with van der Waals surface area (Å²) in [6.45, 7) is 2.15. The van der Waals surface area contributed by atoms with E-state index in [1.54, 1.807) is 4.68 Å². The van der Waals surface area contributed by atoms with Gasteiger partial charge >= 0.3 is 0 Å². The van der Waals surface area contributed by atoms with Crippen molar-refractivity contribution in [3.05, 3.63) is 30.9 Å². The van der Waals surface area contributed by atoms with Crippen molar-refractivity contribution in [1.82, 2.24) is 24.4 Å². The molecule has 4 heterocycles. The zero-order chi connectivity index (χ0) is 14.2. The number of fused-ring (bicyclic) bond motifs is 1. The molecule has 6 nitrogen and oxygen atoms in total. The van der Waals surface area contributed by atoms with Crippen LogP contribution in [0.15, 0.2) is 30.9 Å². The van der Waals surface area contributed by atoms with Gasteiger partial charge in [0.05, 0.1) is 24.3 Å². The molecule has 1 fully saturated rings. The van der Waals surface area contributed by atoms with Gasteiger partial charge in [0.2, 0.25) is 0 Å². The van der Waals surface area contributed by atoms with Crippen LogP contribution in [-0.4, -0.2) is 37.5 Å². The molecule has 3 aromatic rings. The van der Waals surface area contributed by atoms with Crippen molar-refractivity contribution < 1.29 is 0 Å². The molecule has 21 heavy (non-hydrogen) atoms. The first-order chi connectivity index (χ1) is 10.3. The number of aromatic nitrogens is 5. The van der Waals surface area contributed by atoms with Gasteiger partial charge < -0.3 is 4.90 Å². The monoisotopic (exact) mass is 282 g/mol. The molecule has 0 N–H and O–H groups in total. The highest BCUT2D eigenvalue weighted by Gasteiger charge is 2.17. The van der Waals surface area contributed by atoms with E-state index in [0.29, 0.717) is 0 Å². The number of hydrogen-bond acceptors (Lipinski definition) is 4. The van der Waals surface area contributed by atoms with Gasteiger partial charge in [-0.2, -0.15) is 10.2 Å². The Morgan fingerprint density at radius 3 is 2.67 bits per heavy atom. The Balaban J connectivity index is 1.85. The lowest BCUT2D eigenvalue weighted by atomic mass is 10.1. The first-order valence-corrected chi connectivity index (χ1v) is 7.39. The number of aryl methyl sites for hydroxylation is 1. The molecule has 1 aliphatic heterocycles. The van der Waals surface area contributed by atoms with E-state index in [2.05, 4.69) is 15.1 Å². The van der Waals surface area contributed by atoms with Gasteiger partial charge in [0, 0.05) is 31.9 Å². The minimum atomic E-state index is 0.917. The minimum absolute atomic E-state index is 0.917. The van der Waals surface area contributed by atoms with Gasteiger partial charge in [0.1, 0.15) is 5.52 Å². The first kappa shape index (κ1) is 12.4. The number of hydrogen-bond donors (Lipinski definition) is 0. The van der Waals surface area contributed by atoms with Gasteiger partial charge in [-0.3, -0.25) is 4.68 Å². The van der Waals surface area contributed by atoms with Crippen LogP contribution in [0.4, 0.5) is 5.82 Å². The molecule has 0 atom stereocenters. The second kappa shape index (κ2) is 4.87. The number of rotatable bonds is 2. The van der Waals surface area contributed by atoms with Crippen LogP contribution in [0.5, 0.6) is 0 Å². The van der Waals surface area contributed by atoms with E-state index in [1.807, 2.05) is 42.4 Å². The van der Waals surface area contributed by atoms with E-state index >= 15 is 0 Å². The summed E-state index contributed by atoms with van der Waals surface area (Å²) in [5.41, 5.74) is 3.01. The van der Waals surface area contributed by atoms with Crippen LogP contribution in [0.25, 0.3) is 16.8 Å². The lowest BCUT2D eigenvalue weighted by Crippen LogP contribution is -2.30. The Bertz CT molecular complexity index is 765. The number of nitrogens with zero attached hydrogens (tertiary/aromatic N) is 6. The summed E-state index contributed by atoms with van der Waals surface area (Å²) in [5.74, 6) is 1.04. The topological polar surface area (TPSA) is 51.2 Å². The molecule has 0 aromatic carbocycles. The van der Waals surface area contributed by atoms with Gasteiger partial charge in [0.15, 0.2) is 5.82 Å². The fourth-order valence-electron chi connectivity index (χ4n) is 2.94. The molecule has 108 valence electrons. The van der Waals surface area contributed by atoms with E-state index in [-0.39, 0.29) is 0 Å². The Morgan fingerprint density at radius 1 is 1.05 bits per heavy atom. The first-order valence-electron chi connectivity index (χ1n) is 7.39. The minimum Gasteiger partial charge on any atom is -0.355 e. The van der Waals surface area contributed by atoms with Gasteiger partial charge in [0.25, 0.3) is 0 Å². The largest absolute Gasteiger partial charge is 0.355 e. The van der Waals surface area contributed by atoms with Crippen molar-refractivity contribution in [3.8, 4) is 11.3 Å². The predicted molar refractivity (Wildman–Crippen MR) is 81.3 cm³/mol. The summed E-state index contributed by atoms with van der Waals surface area (Å²) >= 11 is 0. The lowest BCUT2D eigenvalue weighted by Gasteiger charge is -2.28. The Labute approximate surface area is 123 Å². The van der Waals surface area contributed by atoms with Crippen LogP contribution >= 0.6 is 0 Å². The van der Waals surface area contributed by atoms with Crippen LogP contribution in [0.2, 0.25) is 0 Å². The molecular formula is C15H18N6. The maximum atomic E-state index is 4.89. The van der Waals surface area contributed by atoms with E-state index < -0.39 is 0 Å². The highest BCUT2D eigenvalue weighted by molar-refractivity contribution is 5.72. The Morgan fingerprint density at radius 2 is 1.90 bits per heavy atom. The van der Waals surface area contributed by atoms with Crippen LogP contribution in [0.3, 0.4) is 0 Å². The molecule has 0 aliphatic carbocycles. The molecule has 4 rings (SSSR count). The summed E-state index contributed by atoms with van der Waals surface area (Å²) in [6, 6.07) is 2.03. The summed E-state index contributed by atoms with van der Waals surface area (Å²) in [5, 5.41) is 8.63. The van der Waals surface area contributed by atoms with Crippen molar-refractivity contribution in [2.45, 2.75) is 19.3 Å². The third-order valence-electron chi connectivity index (χ3n) is 4.03. The van der Waals surface area contributed by atoms with E-state index in [4.69, 9.17) is 4.98 Å². The fraction of sp³-hybridized carbons (Fsp3) is 0.400. The average Bonchev–Trinajstić information content (AvgIpc) is 3.15. The Hall–Kier alpha value is -2.37. The van der Waals surface area contributed by atoms with Gasteiger partial charge in [-0.25, -0.2) is 9.50 Å². The van der Waals surface area contributed by atoms with Crippen molar-refractivity contribution in [2.75, 3.05) is 18.0 Å². The molecule has 1 saturated heterocycles. The van der Waals surface area contributed by atoms with Crippen molar-refractivity contribution in [1.29, 1.82) is 0 Å². The smallest absolute Gasteiger partial charge is 0.155 e. The predicted octanol–water partition coefficient (Wildman–Crippen LogP) is 2.12. The third-order valence-corrected chi connectivity index (χ3v) is 4.03. The van der Waals surface area contributed by atoms with E-state index in [9.17, 15) is 0 Å². The quantitative estimate of drug-likeness (QED) is 0.722. The fourth-order valence-corrected chi connectivity index (χ4v) is 2.94. The van der Waals surface area contributed by atoms with Crippen LogP contribution in [-0.2, 0) is 7.05 Å². The van der Waals surface area contributed by atoms with E-state index in [1.165, 1.54) is 19.3 Å². The third kappa shape index (κ3) is 2.16. The molecule has 0 amide bonds. The van der Waals surface area contributed by atoms with Gasteiger partial charge in [-0.05, 0) is 25.3 Å². The van der Waals surface area contributed by atoms with Crippen molar-refractivity contribution >= 4 is 11.3 Å². The van der Waals surface area contributed by atoms with Crippen LogP contribution < -0.4 is 4.90 Å². The lowest BCUT2D eigenvalue weighted by molar-refractivity contribution is 0.574.